The molecule has 1 aromatic carbocycles. The highest BCUT2D eigenvalue weighted by atomic mass is 16.6. The summed E-state index contributed by atoms with van der Waals surface area (Å²) in [6.07, 6.45) is 3.65. The lowest BCUT2D eigenvalue weighted by molar-refractivity contribution is -0.122. The molecule has 184 valence electrons. The Morgan fingerprint density at radius 2 is 1.76 bits per heavy atom. The van der Waals surface area contributed by atoms with Crippen molar-refractivity contribution in [3.8, 4) is 5.75 Å². The molecule has 1 N–H and O–H groups in total. The molecule has 7 nitrogen and oxygen atoms in total. The lowest BCUT2D eigenvalue weighted by Crippen LogP contribution is -2.45. The van der Waals surface area contributed by atoms with E-state index < -0.39 is 5.60 Å². The van der Waals surface area contributed by atoms with Gasteiger partial charge in [0.25, 0.3) is 0 Å². The van der Waals surface area contributed by atoms with Gasteiger partial charge in [-0.1, -0.05) is 12.1 Å². The summed E-state index contributed by atoms with van der Waals surface area (Å²) in [5, 5.41) is 3.21. The van der Waals surface area contributed by atoms with E-state index in [1.165, 1.54) is 5.56 Å². The topological polar surface area (TPSA) is 77.1 Å². The number of hydrogen-bond acceptors (Lipinski definition) is 5. The van der Waals surface area contributed by atoms with Crippen molar-refractivity contribution in [3.05, 3.63) is 29.8 Å². The zero-order valence-electron chi connectivity index (χ0n) is 20.7. The maximum atomic E-state index is 12.8. The summed E-state index contributed by atoms with van der Waals surface area (Å²) in [6.45, 7) is 11.5. The number of likely N-dealkylation sites (tertiary alicyclic amines) is 1. The molecule has 0 aliphatic carbocycles. The molecule has 2 saturated heterocycles. The molecule has 0 saturated carbocycles. The van der Waals surface area contributed by atoms with Crippen LogP contribution in [0.1, 0.15) is 65.4 Å². The van der Waals surface area contributed by atoms with Crippen molar-refractivity contribution in [3.63, 3.8) is 0 Å². The minimum atomic E-state index is -0.489. The molecule has 2 aliphatic rings. The zero-order valence-corrected chi connectivity index (χ0v) is 20.7. The molecular formula is C26H40N2O5. The van der Waals surface area contributed by atoms with Crippen molar-refractivity contribution in [2.75, 3.05) is 39.5 Å². The van der Waals surface area contributed by atoms with Gasteiger partial charge in [0.1, 0.15) is 11.4 Å². The van der Waals surface area contributed by atoms with E-state index in [1.807, 2.05) is 39.8 Å². The second kappa shape index (κ2) is 11.2. The molecule has 2 aliphatic heterocycles. The Kier molecular flexibility index (Phi) is 8.63. The molecule has 0 aromatic heterocycles. The van der Waals surface area contributed by atoms with E-state index in [9.17, 15) is 9.59 Å². The summed E-state index contributed by atoms with van der Waals surface area (Å²) in [4.78, 5) is 26.8. The number of rotatable bonds is 7. The number of carbonyl (C=O) groups excluding carboxylic acids is 2. The van der Waals surface area contributed by atoms with Gasteiger partial charge in [0.2, 0.25) is 5.91 Å². The van der Waals surface area contributed by atoms with E-state index in [-0.39, 0.29) is 17.4 Å². The minimum absolute atomic E-state index is 0.0857. The van der Waals surface area contributed by atoms with Crippen LogP contribution >= 0.6 is 0 Å². The Bertz CT molecular complexity index is 773. The third-order valence-electron chi connectivity index (χ3n) is 6.59. The summed E-state index contributed by atoms with van der Waals surface area (Å²) >= 11 is 0. The molecule has 2 heterocycles. The van der Waals surface area contributed by atoms with Crippen molar-refractivity contribution < 1.29 is 23.8 Å². The molecule has 0 bridgehead atoms. The van der Waals surface area contributed by atoms with Crippen LogP contribution in [0, 0.1) is 5.92 Å². The van der Waals surface area contributed by atoms with Gasteiger partial charge >= 0.3 is 6.09 Å². The fraction of sp³-hybridized carbons (Fsp3) is 0.692. The number of ether oxygens (including phenoxy) is 3. The average Bonchev–Trinajstić information content (AvgIpc) is 2.78. The smallest absolute Gasteiger partial charge is 0.410 e. The number of piperidine rings is 1. The first-order valence-corrected chi connectivity index (χ1v) is 12.3. The standard InChI is InChI=1S/C26H40N2O5/c1-5-32-22-8-6-21(7-9-22)26(12-16-31-17-13-26)19-27-23(29)18-20-10-14-28(15-11-20)24(30)33-25(2,3)4/h6-9,20H,5,10-19H2,1-4H3,(H,27,29). The molecular weight excluding hydrogens is 420 g/mol. The van der Waals surface area contributed by atoms with E-state index in [2.05, 4.69) is 17.4 Å². The third-order valence-corrected chi connectivity index (χ3v) is 6.59. The second-order valence-corrected chi connectivity index (χ2v) is 10.2. The molecule has 33 heavy (non-hydrogen) atoms. The van der Waals surface area contributed by atoms with Crippen LogP contribution < -0.4 is 10.1 Å². The molecule has 3 rings (SSSR count). The van der Waals surface area contributed by atoms with Crippen LogP contribution in [0.3, 0.4) is 0 Å². The molecule has 0 atom stereocenters. The van der Waals surface area contributed by atoms with Crippen molar-refractivity contribution in [1.29, 1.82) is 0 Å². The van der Waals surface area contributed by atoms with Crippen LogP contribution in [-0.4, -0.2) is 62.0 Å². The van der Waals surface area contributed by atoms with E-state index in [0.29, 0.717) is 51.8 Å². The van der Waals surface area contributed by atoms with Crippen LogP contribution in [0.5, 0.6) is 5.75 Å². The van der Waals surface area contributed by atoms with Gasteiger partial charge < -0.3 is 24.4 Å². The largest absolute Gasteiger partial charge is 0.494 e. The van der Waals surface area contributed by atoms with Gasteiger partial charge in [-0.25, -0.2) is 4.79 Å². The Morgan fingerprint density at radius 3 is 2.33 bits per heavy atom. The van der Waals surface area contributed by atoms with Gasteiger partial charge in [0, 0.05) is 44.7 Å². The fourth-order valence-corrected chi connectivity index (χ4v) is 4.65. The predicted octanol–water partition coefficient (Wildman–Crippen LogP) is 4.29. The lowest BCUT2D eigenvalue weighted by atomic mass is 9.74. The van der Waals surface area contributed by atoms with Crippen LogP contribution in [0.15, 0.2) is 24.3 Å². The summed E-state index contributed by atoms with van der Waals surface area (Å²) in [7, 11) is 0. The molecule has 0 unspecified atom stereocenters. The first kappa shape index (κ1) is 25.3. The SMILES string of the molecule is CCOc1ccc(C2(CNC(=O)CC3CCN(C(=O)OC(C)(C)C)CC3)CCOCC2)cc1. The van der Waals surface area contributed by atoms with Gasteiger partial charge in [-0.3, -0.25) is 4.79 Å². The summed E-state index contributed by atoms with van der Waals surface area (Å²) in [5.41, 5.74) is 0.621. The Labute approximate surface area is 198 Å². The molecule has 2 fully saturated rings. The Hall–Kier alpha value is -2.28. The number of nitrogens with one attached hydrogen (secondary N) is 1. The number of nitrogens with zero attached hydrogens (tertiary/aromatic N) is 1. The molecule has 1 aromatic rings. The van der Waals surface area contributed by atoms with Gasteiger partial charge in [0.05, 0.1) is 6.61 Å². The van der Waals surface area contributed by atoms with Crippen molar-refractivity contribution in [1.82, 2.24) is 10.2 Å². The molecule has 2 amide bonds. The maximum Gasteiger partial charge on any atom is 0.410 e. The number of benzene rings is 1. The van der Waals surface area contributed by atoms with Crippen molar-refractivity contribution in [2.45, 2.75) is 70.8 Å². The van der Waals surface area contributed by atoms with Gasteiger partial charge in [0.15, 0.2) is 0 Å². The average molecular weight is 461 g/mol. The summed E-state index contributed by atoms with van der Waals surface area (Å²) < 4.78 is 16.7. The first-order chi connectivity index (χ1) is 15.7. The number of carbonyl (C=O) groups is 2. The third kappa shape index (κ3) is 7.36. The Morgan fingerprint density at radius 1 is 1.12 bits per heavy atom. The number of amides is 2. The van der Waals surface area contributed by atoms with Crippen molar-refractivity contribution >= 4 is 12.0 Å². The van der Waals surface area contributed by atoms with Gasteiger partial charge in [-0.15, -0.1) is 0 Å². The van der Waals surface area contributed by atoms with E-state index in [0.717, 1.165) is 31.4 Å². The summed E-state index contributed by atoms with van der Waals surface area (Å²) in [6, 6.07) is 8.26. The molecule has 0 spiro atoms. The number of hydrogen-bond donors (Lipinski definition) is 1. The zero-order chi connectivity index (χ0) is 23.9. The monoisotopic (exact) mass is 460 g/mol. The normalized spacial score (nSPS) is 19.1. The highest BCUT2D eigenvalue weighted by Crippen LogP contribution is 2.35. The van der Waals surface area contributed by atoms with Gasteiger partial charge in [-0.05, 0) is 77.0 Å². The highest BCUT2D eigenvalue weighted by molar-refractivity contribution is 5.76. The lowest BCUT2D eigenvalue weighted by Gasteiger charge is -2.38. The van der Waals surface area contributed by atoms with E-state index in [4.69, 9.17) is 14.2 Å². The molecule has 0 radical (unpaired) electrons. The highest BCUT2D eigenvalue weighted by Gasteiger charge is 2.35. The van der Waals surface area contributed by atoms with E-state index in [1.54, 1.807) is 4.90 Å². The minimum Gasteiger partial charge on any atom is -0.494 e. The maximum absolute atomic E-state index is 12.8. The Balaban J connectivity index is 1.50. The first-order valence-electron chi connectivity index (χ1n) is 12.3. The van der Waals surface area contributed by atoms with Crippen LogP contribution in [0.25, 0.3) is 0 Å². The predicted molar refractivity (Wildman–Crippen MR) is 127 cm³/mol. The van der Waals surface area contributed by atoms with Crippen LogP contribution in [-0.2, 0) is 19.7 Å². The molecule has 7 heteroatoms. The fourth-order valence-electron chi connectivity index (χ4n) is 4.65. The second-order valence-electron chi connectivity index (χ2n) is 10.2. The summed E-state index contributed by atoms with van der Waals surface area (Å²) in [5.74, 6) is 1.24. The van der Waals surface area contributed by atoms with Gasteiger partial charge in [-0.2, -0.15) is 0 Å². The van der Waals surface area contributed by atoms with Crippen molar-refractivity contribution in [2.24, 2.45) is 5.92 Å². The van der Waals surface area contributed by atoms with E-state index >= 15 is 0 Å². The quantitative estimate of drug-likeness (QED) is 0.657. The van der Waals surface area contributed by atoms with Crippen LogP contribution in [0.4, 0.5) is 4.79 Å². The van der Waals surface area contributed by atoms with Crippen LogP contribution in [0.2, 0.25) is 0 Å².